The molecule has 1 aliphatic rings. The van der Waals surface area contributed by atoms with Gasteiger partial charge in [0.1, 0.15) is 0 Å². The monoisotopic (exact) mass is 184 g/mol. The van der Waals surface area contributed by atoms with Crippen molar-refractivity contribution < 1.29 is 18.3 Å². The first kappa shape index (κ1) is 9.76. The largest absolute Gasteiger partial charge is 0.417 e. The van der Waals surface area contributed by atoms with E-state index in [4.69, 9.17) is 10.9 Å². The minimum atomic E-state index is -4.53. The van der Waals surface area contributed by atoms with Gasteiger partial charge >= 0.3 is 6.18 Å². The van der Waals surface area contributed by atoms with Crippen molar-refractivity contribution in [3.8, 4) is 0 Å². The second kappa shape index (κ2) is 2.86. The minimum Gasteiger partial charge on any atom is -0.380 e. The molecule has 1 heterocycles. The van der Waals surface area contributed by atoms with E-state index in [1.54, 1.807) is 0 Å². The Bertz CT molecular complexity index is 163. The Labute approximate surface area is 67.9 Å². The van der Waals surface area contributed by atoms with Crippen molar-refractivity contribution in [3.63, 3.8) is 0 Å². The number of alkyl halides is 3. The molecular weight excluding hydrogens is 173 g/mol. The van der Waals surface area contributed by atoms with Gasteiger partial charge < -0.3 is 5.11 Å². The van der Waals surface area contributed by atoms with E-state index in [1.807, 2.05) is 0 Å². The van der Waals surface area contributed by atoms with Crippen LogP contribution in [0.4, 0.5) is 13.2 Å². The van der Waals surface area contributed by atoms with Gasteiger partial charge in [0.2, 0.25) is 0 Å². The van der Waals surface area contributed by atoms with Gasteiger partial charge in [-0.05, 0) is 12.8 Å². The maximum Gasteiger partial charge on any atom is 0.417 e. The van der Waals surface area contributed by atoms with E-state index in [0.717, 1.165) is 0 Å². The molecule has 0 bridgehead atoms. The van der Waals surface area contributed by atoms with E-state index in [1.165, 1.54) is 5.01 Å². The molecule has 0 aromatic carbocycles. The molecule has 0 atom stereocenters. The smallest absolute Gasteiger partial charge is 0.380 e. The van der Waals surface area contributed by atoms with Crippen LogP contribution in [0.15, 0.2) is 0 Å². The van der Waals surface area contributed by atoms with Crippen LogP contribution in [0.3, 0.4) is 0 Å². The highest BCUT2D eigenvalue weighted by Crippen LogP contribution is 2.37. The molecule has 3 N–H and O–H groups in total. The lowest BCUT2D eigenvalue weighted by Crippen LogP contribution is -2.54. The zero-order valence-corrected chi connectivity index (χ0v) is 6.43. The number of halogens is 3. The van der Waals surface area contributed by atoms with Crippen LogP contribution in [0.1, 0.15) is 12.8 Å². The van der Waals surface area contributed by atoms with Gasteiger partial charge in [-0.25, -0.2) is 5.01 Å². The molecule has 1 rings (SSSR count). The maximum absolute atomic E-state index is 12.1. The first-order chi connectivity index (χ1) is 5.35. The van der Waals surface area contributed by atoms with Crippen molar-refractivity contribution in [2.24, 2.45) is 5.84 Å². The quantitative estimate of drug-likeness (QED) is 0.530. The van der Waals surface area contributed by atoms with Crippen molar-refractivity contribution >= 4 is 0 Å². The summed E-state index contributed by atoms with van der Waals surface area (Å²) in [5.41, 5.74) is -2.52. The highest BCUT2D eigenvalue weighted by Gasteiger charge is 2.54. The topological polar surface area (TPSA) is 49.5 Å². The van der Waals surface area contributed by atoms with E-state index >= 15 is 0 Å². The Kier molecular flexibility index (Phi) is 2.33. The van der Waals surface area contributed by atoms with Crippen LogP contribution < -0.4 is 5.84 Å². The zero-order chi connectivity index (χ0) is 9.41. The molecule has 3 nitrogen and oxygen atoms in total. The summed E-state index contributed by atoms with van der Waals surface area (Å²) < 4.78 is 36.4. The van der Waals surface area contributed by atoms with Gasteiger partial charge in [0.15, 0.2) is 5.60 Å². The number of hydrogen-bond donors (Lipinski definition) is 2. The summed E-state index contributed by atoms with van der Waals surface area (Å²) in [6.45, 7) is 0.159. The second-order valence-electron chi connectivity index (χ2n) is 3.07. The predicted molar refractivity (Wildman–Crippen MR) is 36.0 cm³/mol. The zero-order valence-electron chi connectivity index (χ0n) is 6.43. The van der Waals surface area contributed by atoms with Crippen molar-refractivity contribution in [2.45, 2.75) is 24.6 Å². The van der Waals surface area contributed by atoms with Gasteiger partial charge in [-0.3, -0.25) is 5.84 Å². The SMILES string of the molecule is NN1CCC(O)(C(F)(F)F)CC1. The van der Waals surface area contributed by atoms with Crippen molar-refractivity contribution in [3.05, 3.63) is 0 Å². The van der Waals surface area contributed by atoms with Gasteiger partial charge in [0.05, 0.1) is 0 Å². The fourth-order valence-corrected chi connectivity index (χ4v) is 1.18. The Morgan fingerprint density at radius 1 is 1.25 bits per heavy atom. The average Bonchev–Trinajstić information content (AvgIpc) is 1.93. The summed E-state index contributed by atoms with van der Waals surface area (Å²) in [5.74, 6) is 5.25. The average molecular weight is 184 g/mol. The van der Waals surface area contributed by atoms with Crippen LogP contribution in [0.2, 0.25) is 0 Å². The Hall–Kier alpha value is -0.330. The van der Waals surface area contributed by atoms with Crippen LogP contribution in [0, 0.1) is 0 Å². The van der Waals surface area contributed by atoms with Crippen molar-refractivity contribution in [1.82, 2.24) is 5.01 Å². The molecule has 12 heavy (non-hydrogen) atoms. The summed E-state index contributed by atoms with van der Waals surface area (Å²) in [6.07, 6.45) is -5.21. The molecular formula is C6H11F3N2O. The lowest BCUT2D eigenvalue weighted by molar-refractivity contribution is -0.272. The number of nitrogens with two attached hydrogens (primary N) is 1. The number of hydrogen-bond acceptors (Lipinski definition) is 3. The van der Waals surface area contributed by atoms with Gasteiger partial charge in [0.25, 0.3) is 0 Å². The molecule has 0 amide bonds. The van der Waals surface area contributed by atoms with Crippen molar-refractivity contribution in [2.75, 3.05) is 13.1 Å². The van der Waals surface area contributed by atoms with E-state index < -0.39 is 11.8 Å². The fraction of sp³-hybridized carbons (Fsp3) is 1.00. The number of piperidine rings is 1. The molecule has 0 saturated carbocycles. The highest BCUT2D eigenvalue weighted by molar-refractivity contribution is 4.90. The maximum atomic E-state index is 12.1. The number of hydrazine groups is 1. The van der Waals surface area contributed by atoms with Crippen LogP contribution >= 0.6 is 0 Å². The molecule has 0 aliphatic carbocycles. The minimum absolute atomic E-state index is 0.0794. The summed E-state index contributed by atoms with van der Waals surface area (Å²) in [7, 11) is 0. The molecule has 0 aromatic heterocycles. The lowest BCUT2D eigenvalue weighted by atomic mass is 9.92. The van der Waals surface area contributed by atoms with Crippen LogP contribution in [0.5, 0.6) is 0 Å². The van der Waals surface area contributed by atoms with Gasteiger partial charge in [-0.2, -0.15) is 13.2 Å². The standard InChI is InChI=1S/C6H11F3N2O/c7-6(8,9)5(12)1-3-11(10)4-2-5/h12H,1-4,10H2. The predicted octanol–water partition coefficient (Wildman–Crippen LogP) is 0.249. The Morgan fingerprint density at radius 3 is 2.00 bits per heavy atom. The number of rotatable bonds is 0. The van der Waals surface area contributed by atoms with Gasteiger partial charge in [0, 0.05) is 13.1 Å². The summed E-state index contributed by atoms with van der Waals surface area (Å²) >= 11 is 0. The van der Waals surface area contributed by atoms with Gasteiger partial charge in [-0.15, -0.1) is 0 Å². The molecule has 1 aliphatic heterocycles. The summed E-state index contributed by atoms with van der Waals surface area (Å²) in [6, 6.07) is 0. The summed E-state index contributed by atoms with van der Waals surface area (Å²) in [5, 5.41) is 10.4. The van der Waals surface area contributed by atoms with Crippen molar-refractivity contribution in [1.29, 1.82) is 0 Å². The summed E-state index contributed by atoms with van der Waals surface area (Å²) in [4.78, 5) is 0. The Morgan fingerprint density at radius 2 is 1.67 bits per heavy atom. The highest BCUT2D eigenvalue weighted by atomic mass is 19.4. The molecule has 1 saturated heterocycles. The molecule has 0 unspecified atom stereocenters. The fourth-order valence-electron chi connectivity index (χ4n) is 1.18. The molecule has 1 fully saturated rings. The Balaban J connectivity index is 2.62. The van der Waals surface area contributed by atoms with E-state index in [-0.39, 0.29) is 25.9 Å². The number of aliphatic hydroxyl groups is 1. The molecule has 0 spiro atoms. The first-order valence-electron chi connectivity index (χ1n) is 3.64. The number of nitrogens with zero attached hydrogens (tertiary/aromatic N) is 1. The molecule has 6 heteroatoms. The second-order valence-corrected chi connectivity index (χ2v) is 3.07. The molecule has 72 valence electrons. The van der Waals surface area contributed by atoms with Gasteiger partial charge in [-0.1, -0.05) is 0 Å². The van der Waals surface area contributed by atoms with E-state index in [2.05, 4.69) is 0 Å². The third kappa shape index (κ3) is 1.70. The normalized spacial score (nSPS) is 25.8. The first-order valence-corrected chi connectivity index (χ1v) is 3.64. The third-order valence-electron chi connectivity index (χ3n) is 2.15. The molecule has 0 aromatic rings. The van der Waals surface area contributed by atoms with E-state index in [9.17, 15) is 13.2 Å². The third-order valence-corrected chi connectivity index (χ3v) is 2.15. The molecule has 0 radical (unpaired) electrons. The lowest BCUT2D eigenvalue weighted by Gasteiger charge is -2.37. The van der Waals surface area contributed by atoms with Crippen LogP contribution in [-0.2, 0) is 0 Å². The van der Waals surface area contributed by atoms with Crippen LogP contribution in [-0.4, -0.2) is 35.0 Å². The van der Waals surface area contributed by atoms with E-state index in [0.29, 0.717) is 0 Å². The van der Waals surface area contributed by atoms with Crippen LogP contribution in [0.25, 0.3) is 0 Å².